The summed E-state index contributed by atoms with van der Waals surface area (Å²) in [6.45, 7) is 7.25. The summed E-state index contributed by atoms with van der Waals surface area (Å²) in [4.78, 5) is 23.0. The Balaban J connectivity index is 4.34. The Kier molecular flexibility index (Phi) is 7.03. The molecule has 6 heteroatoms. The minimum Gasteiger partial charge on any atom is -0.464 e. The number of esters is 1. The van der Waals surface area contributed by atoms with Crippen LogP contribution in [-0.4, -0.2) is 36.1 Å². The van der Waals surface area contributed by atoms with Crippen molar-refractivity contribution < 1.29 is 19.1 Å². The Bertz CT molecular complexity index is 263. The lowest BCUT2D eigenvalue weighted by atomic mass is 10.2. The van der Waals surface area contributed by atoms with Crippen LogP contribution in [0.15, 0.2) is 0 Å². The third kappa shape index (κ3) is 7.90. The van der Waals surface area contributed by atoms with Crippen LogP contribution in [0.25, 0.3) is 0 Å². The molecule has 1 N–H and O–H groups in total. The second-order valence-corrected chi connectivity index (χ2v) is 4.91. The van der Waals surface area contributed by atoms with Crippen LogP contribution in [0, 0.1) is 0 Å². The van der Waals surface area contributed by atoms with Gasteiger partial charge in [-0.25, -0.2) is 9.59 Å². The average molecular weight is 263 g/mol. The maximum absolute atomic E-state index is 11.5. The van der Waals surface area contributed by atoms with Gasteiger partial charge in [0.1, 0.15) is 11.6 Å². The zero-order chi connectivity index (χ0) is 13.5. The van der Waals surface area contributed by atoms with E-state index < -0.39 is 23.7 Å². The highest BCUT2D eigenvalue weighted by molar-refractivity contribution is 7.80. The van der Waals surface area contributed by atoms with Crippen LogP contribution in [0.5, 0.6) is 0 Å². The zero-order valence-corrected chi connectivity index (χ0v) is 11.7. The molecule has 100 valence electrons. The van der Waals surface area contributed by atoms with Gasteiger partial charge < -0.3 is 14.8 Å². The summed E-state index contributed by atoms with van der Waals surface area (Å²) in [6.07, 6.45) is -0.224. The van der Waals surface area contributed by atoms with Crippen LogP contribution in [0.3, 0.4) is 0 Å². The molecule has 17 heavy (non-hydrogen) atoms. The molecule has 0 aromatic heterocycles. The van der Waals surface area contributed by atoms with Gasteiger partial charge in [-0.3, -0.25) is 0 Å². The molecule has 0 spiro atoms. The number of ether oxygens (including phenoxy) is 2. The number of carbonyl (C=O) groups excluding carboxylic acids is 2. The van der Waals surface area contributed by atoms with Crippen LogP contribution in [0.1, 0.15) is 34.1 Å². The fourth-order valence-corrected chi connectivity index (χ4v) is 1.33. The molecule has 0 aliphatic carbocycles. The van der Waals surface area contributed by atoms with Crippen LogP contribution in [-0.2, 0) is 14.3 Å². The van der Waals surface area contributed by atoms with Gasteiger partial charge in [0.25, 0.3) is 0 Å². The second-order valence-electron chi connectivity index (χ2n) is 4.46. The summed E-state index contributed by atoms with van der Waals surface area (Å²) in [5, 5.41) is 2.47. The monoisotopic (exact) mass is 263 g/mol. The molecule has 0 heterocycles. The van der Waals surface area contributed by atoms with E-state index in [1.54, 1.807) is 27.7 Å². The molecular weight excluding hydrogens is 242 g/mol. The van der Waals surface area contributed by atoms with Crippen LogP contribution >= 0.6 is 12.6 Å². The molecule has 0 unspecified atom stereocenters. The fraction of sp³-hybridized carbons (Fsp3) is 0.818. The fourth-order valence-electron chi connectivity index (χ4n) is 1.07. The number of amides is 1. The van der Waals surface area contributed by atoms with Crippen molar-refractivity contribution in [3.63, 3.8) is 0 Å². The van der Waals surface area contributed by atoms with Crippen molar-refractivity contribution in [1.29, 1.82) is 0 Å². The van der Waals surface area contributed by atoms with E-state index in [1.165, 1.54) is 0 Å². The molecule has 0 rings (SSSR count). The lowest BCUT2D eigenvalue weighted by Crippen LogP contribution is -2.44. The lowest BCUT2D eigenvalue weighted by molar-refractivity contribution is -0.145. The van der Waals surface area contributed by atoms with Crippen molar-refractivity contribution in [2.24, 2.45) is 0 Å². The van der Waals surface area contributed by atoms with Crippen LogP contribution in [0.4, 0.5) is 4.79 Å². The summed E-state index contributed by atoms with van der Waals surface area (Å²) in [7, 11) is 0. The van der Waals surface area contributed by atoms with E-state index in [1.807, 2.05) is 0 Å². The first-order valence-electron chi connectivity index (χ1n) is 5.57. The zero-order valence-electron chi connectivity index (χ0n) is 10.8. The molecule has 0 aromatic carbocycles. The molecule has 0 aromatic rings. The van der Waals surface area contributed by atoms with E-state index in [0.29, 0.717) is 12.2 Å². The third-order valence-corrected chi connectivity index (χ3v) is 1.94. The first-order chi connectivity index (χ1) is 7.80. The summed E-state index contributed by atoms with van der Waals surface area (Å²) in [5.41, 5.74) is -0.593. The molecule has 0 saturated heterocycles. The highest BCUT2D eigenvalue weighted by Gasteiger charge is 2.24. The molecule has 1 atom stereocenters. The molecule has 0 radical (unpaired) electrons. The van der Waals surface area contributed by atoms with E-state index in [0.717, 1.165) is 0 Å². The normalized spacial score (nSPS) is 12.8. The number of rotatable bonds is 5. The van der Waals surface area contributed by atoms with Gasteiger partial charge in [0.2, 0.25) is 0 Å². The highest BCUT2D eigenvalue weighted by atomic mass is 32.1. The van der Waals surface area contributed by atoms with Gasteiger partial charge in [-0.2, -0.15) is 12.6 Å². The number of alkyl carbamates (subject to hydrolysis) is 1. The van der Waals surface area contributed by atoms with Crippen molar-refractivity contribution in [3.8, 4) is 0 Å². The minimum atomic E-state index is -0.706. The van der Waals surface area contributed by atoms with Crippen molar-refractivity contribution >= 4 is 24.7 Å². The van der Waals surface area contributed by atoms with E-state index >= 15 is 0 Å². The number of hydrogen-bond donors (Lipinski definition) is 2. The highest BCUT2D eigenvalue weighted by Crippen LogP contribution is 2.07. The van der Waals surface area contributed by atoms with E-state index in [2.05, 4.69) is 17.9 Å². The number of thiol groups is 1. The Labute approximate surface area is 108 Å². The quantitative estimate of drug-likeness (QED) is 0.586. The third-order valence-electron chi connectivity index (χ3n) is 1.68. The van der Waals surface area contributed by atoms with Gasteiger partial charge in [0.05, 0.1) is 6.61 Å². The van der Waals surface area contributed by atoms with Crippen molar-refractivity contribution in [1.82, 2.24) is 5.32 Å². The topological polar surface area (TPSA) is 64.6 Å². The van der Waals surface area contributed by atoms with Crippen molar-refractivity contribution in [3.05, 3.63) is 0 Å². The second kappa shape index (κ2) is 7.42. The summed E-state index contributed by atoms with van der Waals surface area (Å²) >= 11 is 4.03. The van der Waals surface area contributed by atoms with Gasteiger partial charge >= 0.3 is 12.1 Å². The molecule has 0 saturated carbocycles. The minimum absolute atomic E-state index is 0.276. The Morgan fingerprint density at radius 3 is 2.35 bits per heavy atom. The van der Waals surface area contributed by atoms with Crippen molar-refractivity contribution in [2.45, 2.75) is 45.8 Å². The first kappa shape index (κ1) is 16.1. The number of carbonyl (C=O) groups is 2. The largest absolute Gasteiger partial charge is 0.464 e. The maximum atomic E-state index is 11.5. The van der Waals surface area contributed by atoms with Crippen LogP contribution in [0.2, 0.25) is 0 Å². The standard InChI is InChI=1S/C11H21NO4S/c1-5-15-9(13)8(6-7-17)12-10(14)16-11(2,3)4/h8,17H,5-7H2,1-4H3,(H,12,14)/t8-/m0/s1. The molecule has 0 aliphatic heterocycles. The van der Waals surface area contributed by atoms with Gasteiger partial charge in [-0.1, -0.05) is 0 Å². The Morgan fingerprint density at radius 2 is 1.94 bits per heavy atom. The summed E-state index contributed by atoms with van der Waals surface area (Å²) < 4.78 is 9.90. The Morgan fingerprint density at radius 1 is 1.35 bits per heavy atom. The number of hydrogen-bond acceptors (Lipinski definition) is 5. The van der Waals surface area contributed by atoms with Gasteiger partial charge in [0, 0.05) is 0 Å². The molecule has 1 amide bonds. The Hall–Kier alpha value is -0.910. The van der Waals surface area contributed by atoms with E-state index in [-0.39, 0.29) is 6.61 Å². The average Bonchev–Trinajstić information content (AvgIpc) is 2.14. The summed E-state index contributed by atoms with van der Waals surface area (Å²) in [6, 6.07) is -0.706. The van der Waals surface area contributed by atoms with E-state index in [9.17, 15) is 9.59 Å². The van der Waals surface area contributed by atoms with Crippen LogP contribution < -0.4 is 5.32 Å². The lowest BCUT2D eigenvalue weighted by Gasteiger charge is -2.22. The van der Waals surface area contributed by atoms with Gasteiger partial charge in [-0.05, 0) is 39.9 Å². The van der Waals surface area contributed by atoms with Gasteiger partial charge in [-0.15, -0.1) is 0 Å². The predicted molar refractivity (Wildman–Crippen MR) is 68.3 cm³/mol. The SMILES string of the molecule is CCOC(=O)[C@H](CCS)NC(=O)OC(C)(C)C. The summed E-state index contributed by atoms with van der Waals surface area (Å²) in [5.74, 6) is 0.00614. The van der Waals surface area contributed by atoms with Gasteiger partial charge in [0.15, 0.2) is 0 Å². The molecular formula is C11H21NO4S. The first-order valence-corrected chi connectivity index (χ1v) is 6.20. The molecule has 0 fully saturated rings. The van der Waals surface area contributed by atoms with E-state index in [4.69, 9.17) is 9.47 Å². The number of nitrogens with one attached hydrogen (secondary N) is 1. The smallest absolute Gasteiger partial charge is 0.408 e. The molecule has 5 nitrogen and oxygen atoms in total. The van der Waals surface area contributed by atoms with Crippen molar-refractivity contribution in [2.75, 3.05) is 12.4 Å². The molecule has 0 bridgehead atoms. The maximum Gasteiger partial charge on any atom is 0.408 e. The predicted octanol–water partition coefficient (Wildman–Crippen LogP) is 1.76. The molecule has 0 aliphatic rings.